The fourth-order valence-corrected chi connectivity index (χ4v) is 1.17. The maximum absolute atomic E-state index is 12.6. The van der Waals surface area contributed by atoms with Crippen LogP contribution in [0.2, 0.25) is 0 Å². The topological polar surface area (TPSA) is 57.2 Å². The summed E-state index contributed by atoms with van der Waals surface area (Å²) in [7, 11) is -6.54. The summed E-state index contributed by atoms with van der Waals surface area (Å²) in [5.74, 6) is 0. The average molecular weight is 245 g/mol. The maximum atomic E-state index is 12.6. The lowest BCUT2D eigenvalue weighted by molar-refractivity contribution is -0.209. The van der Waals surface area contributed by atoms with Gasteiger partial charge in [-0.2, -0.15) is 13.2 Å². The molecule has 0 N–H and O–H groups in total. The van der Waals surface area contributed by atoms with E-state index in [0.29, 0.717) is 0 Å². The van der Waals surface area contributed by atoms with Gasteiger partial charge in [0.25, 0.3) is 5.00 Å². The van der Waals surface area contributed by atoms with Gasteiger partial charge in [-0.05, 0) is 0 Å². The molecule has 0 fully saturated rings. The zero-order chi connectivity index (χ0) is 11.8. The zero-order valence-electron chi connectivity index (χ0n) is 6.19. The Hall–Kier alpha value is -0.510. The minimum absolute atomic E-state index is 2.72. The van der Waals surface area contributed by atoms with Crippen LogP contribution in [0.3, 0.4) is 0 Å². The smallest absolute Gasteiger partial charge is 0.436 e. The van der Waals surface area contributed by atoms with E-state index in [0.717, 1.165) is 0 Å². The van der Waals surface area contributed by atoms with E-state index in [2.05, 4.69) is 0 Å². The lowest BCUT2D eigenvalue weighted by atomic mass is 10.2. The lowest BCUT2D eigenvalue weighted by Crippen LogP contribution is -2.49. The van der Waals surface area contributed by atoms with Gasteiger partial charge < -0.3 is 4.55 Å². The van der Waals surface area contributed by atoms with Gasteiger partial charge in [-0.15, -0.1) is 0 Å². The van der Waals surface area contributed by atoms with Crippen LogP contribution in [0.25, 0.3) is 0 Å². The van der Waals surface area contributed by atoms with Crippen LogP contribution >= 0.6 is 0 Å². The molecule has 0 rings (SSSR count). The number of rotatable bonds is 3. The molecule has 86 valence electrons. The highest BCUT2D eigenvalue weighted by molar-refractivity contribution is 7.87. The number of hydrogen-bond donors (Lipinski definition) is 0. The van der Waals surface area contributed by atoms with Crippen molar-refractivity contribution in [2.24, 2.45) is 0 Å². The normalized spacial score (nSPS) is 18.3. The standard InChI is InChI=1S/C4H4F6O3S/c5-2(6)1-3(7,4(8,9)10)14(11,12)13/h2H,1H2,(H,11,12,13)/p-1. The molecule has 0 aliphatic carbocycles. The van der Waals surface area contributed by atoms with Crippen molar-refractivity contribution >= 4 is 10.1 Å². The predicted octanol–water partition coefficient (Wildman–Crippen LogP) is 1.41. The second kappa shape index (κ2) is 3.57. The van der Waals surface area contributed by atoms with Gasteiger partial charge in [-0.1, -0.05) is 0 Å². The third-order valence-electron chi connectivity index (χ3n) is 1.24. The summed E-state index contributed by atoms with van der Waals surface area (Å²) in [5.41, 5.74) is 0. The molecule has 0 aliphatic rings. The van der Waals surface area contributed by atoms with E-state index >= 15 is 0 Å². The van der Waals surface area contributed by atoms with Gasteiger partial charge in [0, 0.05) is 0 Å². The molecule has 3 nitrogen and oxygen atoms in total. The second-order valence-electron chi connectivity index (χ2n) is 2.28. The highest BCUT2D eigenvalue weighted by Crippen LogP contribution is 2.42. The summed E-state index contributed by atoms with van der Waals surface area (Å²) in [6.07, 6.45) is -12.8. The lowest BCUT2D eigenvalue weighted by Gasteiger charge is -2.29. The third kappa shape index (κ3) is 2.50. The van der Waals surface area contributed by atoms with Gasteiger partial charge in [0.2, 0.25) is 6.43 Å². The van der Waals surface area contributed by atoms with Gasteiger partial charge in [0.05, 0.1) is 6.42 Å². The van der Waals surface area contributed by atoms with Crippen LogP contribution < -0.4 is 0 Å². The van der Waals surface area contributed by atoms with Gasteiger partial charge >= 0.3 is 6.18 Å². The minimum Gasteiger partial charge on any atom is -0.745 e. The second-order valence-corrected chi connectivity index (χ2v) is 3.83. The Morgan fingerprint density at radius 2 is 1.50 bits per heavy atom. The van der Waals surface area contributed by atoms with Crippen molar-refractivity contribution in [3.8, 4) is 0 Å². The Morgan fingerprint density at radius 1 is 1.14 bits per heavy atom. The van der Waals surface area contributed by atoms with Crippen LogP contribution in [-0.4, -0.2) is 30.6 Å². The summed E-state index contributed by atoms with van der Waals surface area (Å²) < 4.78 is 100. The van der Waals surface area contributed by atoms with Crippen molar-refractivity contribution in [1.82, 2.24) is 0 Å². The molecule has 1 atom stereocenters. The molecule has 0 saturated carbocycles. The van der Waals surface area contributed by atoms with Crippen molar-refractivity contribution in [1.29, 1.82) is 0 Å². The molecular formula is C4H3F6O3S-. The summed E-state index contributed by atoms with van der Waals surface area (Å²) in [5, 5.41) is -5.44. The van der Waals surface area contributed by atoms with Crippen molar-refractivity contribution < 1.29 is 39.3 Å². The van der Waals surface area contributed by atoms with Crippen molar-refractivity contribution in [2.75, 3.05) is 0 Å². The van der Waals surface area contributed by atoms with E-state index in [1.165, 1.54) is 0 Å². The summed E-state index contributed by atoms with van der Waals surface area (Å²) in [6, 6.07) is 0. The highest BCUT2D eigenvalue weighted by Gasteiger charge is 2.62. The highest BCUT2D eigenvalue weighted by atomic mass is 32.2. The first-order valence-corrected chi connectivity index (χ1v) is 4.32. The molecule has 0 heterocycles. The van der Waals surface area contributed by atoms with Crippen molar-refractivity contribution in [3.05, 3.63) is 0 Å². The third-order valence-corrected chi connectivity index (χ3v) is 2.43. The number of halogens is 6. The maximum Gasteiger partial charge on any atom is 0.436 e. The molecule has 1 unspecified atom stereocenters. The van der Waals surface area contributed by atoms with Gasteiger partial charge in [0.15, 0.2) is 0 Å². The summed E-state index contributed by atoms with van der Waals surface area (Å²) in [4.78, 5) is 0. The van der Waals surface area contributed by atoms with Crippen molar-refractivity contribution in [2.45, 2.75) is 24.0 Å². The van der Waals surface area contributed by atoms with E-state index in [9.17, 15) is 39.3 Å². The fourth-order valence-electron chi connectivity index (χ4n) is 0.558. The minimum atomic E-state index is -6.54. The van der Waals surface area contributed by atoms with E-state index in [1.54, 1.807) is 0 Å². The van der Waals surface area contributed by atoms with Crippen LogP contribution in [0.15, 0.2) is 0 Å². The Kier molecular flexibility index (Phi) is 3.44. The van der Waals surface area contributed by atoms with Crippen LogP contribution in [-0.2, 0) is 10.1 Å². The molecule has 0 aromatic heterocycles. The summed E-state index contributed by atoms with van der Waals surface area (Å²) in [6.45, 7) is 0. The average Bonchev–Trinajstić information content (AvgIpc) is 1.79. The Morgan fingerprint density at radius 3 is 1.57 bits per heavy atom. The van der Waals surface area contributed by atoms with E-state index < -0.39 is 34.1 Å². The van der Waals surface area contributed by atoms with Crippen LogP contribution in [0, 0.1) is 0 Å². The molecule has 0 aromatic carbocycles. The molecule has 0 aliphatic heterocycles. The summed E-state index contributed by atoms with van der Waals surface area (Å²) >= 11 is 0. The molecule has 10 heteroatoms. The molecule has 0 radical (unpaired) electrons. The monoisotopic (exact) mass is 245 g/mol. The first-order valence-electron chi connectivity index (χ1n) is 2.91. The Balaban J connectivity index is 5.30. The SMILES string of the molecule is O=S(=O)([O-])C(F)(CC(F)F)C(F)(F)F. The molecular weight excluding hydrogens is 242 g/mol. The molecule has 0 spiro atoms. The number of hydrogen-bond acceptors (Lipinski definition) is 3. The first-order chi connectivity index (χ1) is 5.92. The predicted molar refractivity (Wildman–Crippen MR) is 30.2 cm³/mol. The van der Waals surface area contributed by atoms with Crippen LogP contribution in [0.4, 0.5) is 26.3 Å². The van der Waals surface area contributed by atoms with Gasteiger partial charge in [-0.25, -0.2) is 21.6 Å². The zero-order valence-corrected chi connectivity index (χ0v) is 7.00. The quantitative estimate of drug-likeness (QED) is 0.558. The van der Waals surface area contributed by atoms with E-state index in [4.69, 9.17) is 0 Å². The molecule has 0 bridgehead atoms. The Bertz CT molecular complexity index is 295. The van der Waals surface area contributed by atoms with Gasteiger partial charge in [-0.3, -0.25) is 0 Å². The first kappa shape index (κ1) is 13.5. The number of alkyl halides is 6. The molecule has 0 aromatic rings. The van der Waals surface area contributed by atoms with Crippen LogP contribution in [0.5, 0.6) is 0 Å². The molecule has 0 amide bonds. The fraction of sp³-hybridized carbons (Fsp3) is 1.00. The Labute approximate surface area is 74.5 Å². The van der Waals surface area contributed by atoms with E-state index in [-0.39, 0.29) is 0 Å². The van der Waals surface area contributed by atoms with Gasteiger partial charge in [0.1, 0.15) is 10.1 Å². The van der Waals surface area contributed by atoms with E-state index in [1.807, 2.05) is 0 Å². The largest absolute Gasteiger partial charge is 0.745 e. The molecule has 14 heavy (non-hydrogen) atoms. The van der Waals surface area contributed by atoms with Crippen molar-refractivity contribution in [3.63, 3.8) is 0 Å². The molecule has 0 saturated heterocycles. The van der Waals surface area contributed by atoms with Crippen LogP contribution in [0.1, 0.15) is 6.42 Å².